The van der Waals surface area contributed by atoms with Crippen molar-refractivity contribution in [1.82, 2.24) is 5.32 Å². The zero-order valence-corrected chi connectivity index (χ0v) is 8.16. The lowest BCUT2D eigenvalue weighted by Crippen LogP contribution is -2.28. The molecule has 0 spiro atoms. The summed E-state index contributed by atoms with van der Waals surface area (Å²) in [7, 11) is 0. The molecule has 0 aromatic heterocycles. The fourth-order valence-corrected chi connectivity index (χ4v) is 1.28. The summed E-state index contributed by atoms with van der Waals surface area (Å²) in [5, 5.41) is 10.9. The van der Waals surface area contributed by atoms with Crippen LogP contribution in [-0.4, -0.2) is 17.5 Å². The van der Waals surface area contributed by atoms with Gasteiger partial charge in [0.25, 0.3) is 0 Å². The van der Waals surface area contributed by atoms with Gasteiger partial charge in [-0.15, -0.1) is 0 Å². The van der Waals surface area contributed by atoms with Gasteiger partial charge in [-0.2, -0.15) is 0 Å². The summed E-state index contributed by atoms with van der Waals surface area (Å²) in [4.78, 5) is 20.9. The Kier molecular flexibility index (Phi) is 3.62. The van der Waals surface area contributed by atoms with Crippen molar-refractivity contribution in [2.75, 3.05) is 0 Å². The molecule has 80 valence electrons. The molecule has 1 atom stereocenters. The minimum Gasteiger partial charge on any atom is -0.479 e. The molecular weight excluding hydrogens is 225 g/mol. The van der Waals surface area contributed by atoms with Crippen LogP contribution in [0, 0.1) is 5.82 Å². The van der Waals surface area contributed by atoms with Crippen LogP contribution in [0.4, 0.5) is 4.39 Å². The number of aliphatic carboxylic acids is 1. The molecule has 4 nitrogen and oxygen atoms in total. The van der Waals surface area contributed by atoms with Gasteiger partial charge in [0.15, 0.2) is 6.04 Å². The first-order valence-corrected chi connectivity index (χ1v) is 4.31. The van der Waals surface area contributed by atoms with Gasteiger partial charge in [-0.05, 0) is 18.2 Å². The third kappa shape index (κ3) is 2.66. The number of benzene rings is 1. The molecule has 0 fully saturated rings. The van der Waals surface area contributed by atoms with Gasteiger partial charge in [0, 0.05) is 10.6 Å². The molecule has 1 amide bonds. The summed E-state index contributed by atoms with van der Waals surface area (Å²) < 4.78 is 13.2. The van der Waals surface area contributed by atoms with E-state index in [0.29, 0.717) is 0 Å². The van der Waals surface area contributed by atoms with Crippen molar-refractivity contribution in [3.05, 3.63) is 34.6 Å². The molecular formula is C9H7ClFNO3. The van der Waals surface area contributed by atoms with Crippen molar-refractivity contribution in [1.29, 1.82) is 0 Å². The molecule has 1 rings (SSSR count). The van der Waals surface area contributed by atoms with Gasteiger partial charge in [0.1, 0.15) is 5.82 Å². The van der Waals surface area contributed by atoms with Gasteiger partial charge in [-0.3, -0.25) is 4.79 Å². The first kappa shape index (κ1) is 11.5. The first-order chi connectivity index (χ1) is 7.06. The quantitative estimate of drug-likeness (QED) is 0.769. The number of carbonyl (C=O) groups is 2. The SMILES string of the molecule is O=CNC(C(=O)O)c1cc(Cl)ccc1F. The molecule has 0 aliphatic heterocycles. The van der Waals surface area contributed by atoms with E-state index < -0.39 is 17.8 Å². The highest BCUT2D eigenvalue weighted by Crippen LogP contribution is 2.21. The number of rotatable bonds is 4. The standard InChI is InChI=1S/C9H7ClFNO3/c10-5-1-2-7(11)6(3-5)8(9(14)15)12-4-13/h1-4,8H,(H,12,13)(H,14,15). The second-order valence-corrected chi connectivity index (χ2v) is 3.16. The second kappa shape index (κ2) is 4.75. The van der Waals surface area contributed by atoms with Gasteiger partial charge >= 0.3 is 5.97 Å². The Balaban J connectivity index is 3.15. The van der Waals surface area contributed by atoms with Crippen LogP contribution < -0.4 is 5.32 Å². The minimum atomic E-state index is -1.43. The number of amides is 1. The molecule has 1 aromatic carbocycles. The predicted molar refractivity (Wildman–Crippen MR) is 51.0 cm³/mol. The third-order valence-electron chi connectivity index (χ3n) is 1.75. The lowest BCUT2D eigenvalue weighted by atomic mass is 10.1. The van der Waals surface area contributed by atoms with Crippen molar-refractivity contribution in [3.63, 3.8) is 0 Å². The summed E-state index contributed by atoms with van der Waals surface area (Å²) in [5.74, 6) is -2.09. The minimum absolute atomic E-state index is 0.179. The Hall–Kier alpha value is -1.62. The van der Waals surface area contributed by atoms with Gasteiger partial charge in [0.2, 0.25) is 6.41 Å². The maximum atomic E-state index is 13.2. The van der Waals surface area contributed by atoms with Gasteiger partial charge in [-0.1, -0.05) is 11.6 Å². The van der Waals surface area contributed by atoms with E-state index in [9.17, 15) is 14.0 Å². The molecule has 0 heterocycles. The Bertz CT molecular complexity index is 397. The third-order valence-corrected chi connectivity index (χ3v) is 1.99. The highest BCUT2D eigenvalue weighted by molar-refractivity contribution is 6.30. The van der Waals surface area contributed by atoms with Gasteiger partial charge in [0.05, 0.1) is 0 Å². The van der Waals surface area contributed by atoms with Crippen LogP contribution in [0.25, 0.3) is 0 Å². The van der Waals surface area contributed by atoms with Crippen LogP contribution in [-0.2, 0) is 9.59 Å². The molecule has 0 saturated carbocycles. The largest absolute Gasteiger partial charge is 0.479 e. The fourth-order valence-electron chi connectivity index (χ4n) is 1.10. The summed E-state index contributed by atoms with van der Waals surface area (Å²) in [6.45, 7) is 0. The molecule has 2 N–H and O–H groups in total. The molecule has 6 heteroatoms. The van der Waals surface area contributed by atoms with Crippen LogP contribution in [0.5, 0.6) is 0 Å². The molecule has 0 aliphatic rings. The van der Waals surface area contributed by atoms with Crippen LogP contribution in [0.15, 0.2) is 18.2 Å². The maximum absolute atomic E-state index is 13.2. The highest BCUT2D eigenvalue weighted by atomic mass is 35.5. The van der Waals surface area contributed by atoms with E-state index in [-0.39, 0.29) is 17.0 Å². The highest BCUT2D eigenvalue weighted by Gasteiger charge is 2.22. The zero-order chi connectivity index (χ0) is 11.4. The Morgan fingerprint density at radius 3 is 2.80 bits per heavy atom. The number of nitrogens with one attached hydrogen (secondary N) is 1. The average molecular weight is 232 g/mol. The summed E-state index contributed by atoms with van der Waals surface area (Å²) in [6, 6.07) is 2.06. The number of carboxylic acids is 1. The number of carboxylic acid groups (broad SMARTS) is 1. The number of carbonyl (C=O) groups excluding carboxylic acids is 1. The van der Waals surface area contributed by atoms with E-state index in [2.05, 4.69) is 0 Å². The number of halogens is 2. The predicted octanol–water partition coefficient (Wildman–Crippen LogP) is 1.35. The molecule has 0 radical (unpaired) electrons. The van der Waals surface area contributed by atoms with Crippen molar-refractivity contribution < 1.29 is 19.1 Å². The monoisotopic (exact) mass is 231 g/mol. The summed E-state index contributed by atoms with van der Waals surface area (Å²) in [5.41, 5.74) is -0.179. The van der Waals surface area contributed by atoms with Crippen LogP contribution >= 0.6 is 11.6 Å². The Morgan fingerprint density at radius 1 is 1.60 bits per heavy atom. The van der Waals surface area contributed by atoms with Crippen molar-refractivity contribution in [2.45, 2.75) is 6.04 Å². The number of hydrogen-bond acceptors (Lipinski definition) is 2. The Labute approximate surface area is 89.7 Å². The van der Waals surface area contributed by atoms with Crippen LogP contribution in [0.2, 0.25) is 5.02 Å². The molecule has 1 aromatic rings. The van der Waals surface area contributed by atoms with E-state index in [1.54, 1.807) is 0 Å². The zero-order valence-electron chi connectivity index (χ0n) is 7.41. The van der Waals surface area contributed by atoms with Gasteiger partial charge in [-0.25, -0.2) is 9.18 Å². The fraction of sp³-hybridized carbons (Fsp3) is 0.111. The van der Waals surface area contributed by atoms with E-state index in [4.69, 9.17) is 16.7 Å². The van der Waals surface area contributed by atoms with Gasteiger partial charge < -0.3 is 10.4 Å². The first-order valence-electron chi connectivity index (χ1n) is 3.93. The van der Waals surface area contributed by atoms with E-state index in [1.165, 1.54) is 6.07 Å². The normalized spacial score (nSPS) is 11.9. The van der Waals surface area contributed by atoms with Crippen molar-refractivity contribution in [3.8, 4) is 0 Å². The Morgan fingerprint density at radius 2 is 2.27 bits per heavy atom. The molecule has 0 saturated heterocycles. The summed E-state index contributed by atoms with van der Waals surface area (Å²) >= 11 is 5.59. The van der Waals surface area contributed by atoms with Crippen LogP contribution in [0.3, 0.4) is 0 Å². The average Bonchev–Trinajstić information content (AvgIpc) is 2.18. The summed E-state index contributed by atoms with van der Waals surface area (Å²) in [6.07, 6.45) is 0.194. The van der Waals surface area contributed by atoms with Crippen LogP contribution in [0.1, 0.15) is 11.6 Å². The van der Waals surface area contributed by atoms with Crippen molar-refractivity contribution in [2.24, 2.45) is 0 Å². The smallest absolute Gasteiger partial charge is 0.331 e. The lowest BCUT2D eigenvalue weighted by molar-refractivity contribution is -0.140. The van der Waals surface area contributed by atoms with E-state index >= 15 is 0 Å². The molecule has 15 heavy (non-hydrogen) atoms. The van der Waals surface area contributed by atoms with Crippen molar-refractivity contribution >= 4 is 24.0 Å². The lowest BCUT2D eigenvalue weighted by Gasteiger charge is -2.12. The molecule has 0 aliphatic carbocycles. The second-order valence-electron chi connectivity index (χ2n) is 2.72. The maximum Gasteiger partial charge on any atom is 0.331 e. The molecule has 0 bridgehead atoms. The topological polar surface area (TPSA) is 66.4 Å². The number of hydrogen-bond donors (Lipinski definition) is 2. The van der Waals surface area contributed by atoms with E-state index in [0.717, 1.165) is 12.1 Å². The molecule has 1 unspecified atom stereocenters. The van der Waals surface area contributed by atoms with E-state index in [1.807, 2.05) is 5.32 Å².